The van der Waals surface area contributed by atoms with E-state index in [4.69, 9.17) is 9.84 Å². The van der Waals surface area contributed by atoms with Crippen LogP contribution in [-0.2, 0) is 9.53 Å². The van der Waals surface area contributed by atoms with Crippen LogP contribution >= 0.6 is 0 Å². The molecule has 2 unspecified atom stereocenters. The van der Waals surface area contributed by atoms with Crippen molar-refractivity contribution in [3.8, 4) is 0 Å². The number of carbonyl (C=O) groups is 1. The van der Waals surface area contributed by atoms with Crippen LogP contribution < -0.4 is 0 Å². The van der Waals surface area contributed by atoms with Crippen LogP contribution in [0.4, 0.5) is 0 Å². The van der Waals surface area contributed by atoms with Crippen LogP contribution in [0.15, 0.2) is 0 Å². The lowest BCUT2D eigenvalue weighted by atomic mass is 10.2. The van der Waals surface area contributed by atoms with Gasteiger partial charge in [-0.25, -0.2) is 0 Å². The molecule has 1 aliphatic rings. The third kappa shape index (κ3) is 3.66. The fourth-order valence-corrected chi connectivity index (χ4v) is 1.55. The van der Waals surface area contributed by atoms with Gasteiger partial charge in [-0.1, -0.05) is 26.2 Å². The Morgan fingerprint density at radius 1 is 1.43 bits per heavy atom. The molecule has 0 aromatic heterocycles. The number of hydrogen-bond acceptors (Lipinski definition) is 3. The molecule has 0 aliphatic heterocycles. The fraction of sp³-hybridized carbons (Fsp3) is 0.909. The predicted octanol–water partition coefficient (Wildman–Crippen LogP) is 1.74. The van der Waals surface area contributed by atoms with E-state index in [2.05, 4.69) is 6.92 Å². The van der Waals surface area contributed by atoms with Crippen molar-refractivity contribution < 1.29 is 14.6 Å². The Morgan fingerprint density at radius 2 is 2.21 bits per heavy atom. The summed E-state index contributed by atoms with van der Waals surface area (Å²) in [4.78, 5) is 11.3. The number of rotatable bonds is 7. The second-order valence-corrected chi connectivity index (χ2v) is 4.01. The zero-order valence-electron chi connectivity index (χ0n) is 8.87. The molecule has 1 fully saturated rings. The minimum absolute atomic E-state index is 0.00817. The predicted molar refractivity (Wildman–Crippen MR) is 53.8 cm³/mol. The monoisotopic (exact) mass is 200 g/mol. The Labute approximate surface area is 85.5 Å². The lowest BCUT2D eigenvalue weighted by molar-refractivity contribution is -0.145. The maximum Gasteiger partial charge on any atom is 0.309 e. The number of esters is 1. The average molecular weight is 200 g/mol. The van der Waals surface area contributed by atoms with E-state index in [9.17, 15) is 4.79 Å². The van der Waals surface area contributed by atoms with Crippen molar-refractivity contribution >= 4 is 5.97 Å². The molecule has 0 saturated heterocycles. The zero-order valence-corrected chi connectivity index (χ0v) is 8.87. The van der Waals surface area contributed by atoms with Crippen LogP contribution in [0.5, 0.6) is 0 Å². The van der Waals surface area contributed by atoms with Crippen molar-refractivity contribution in [1.29, 1.82) is 0 Å². The number of aliphatic hydroxyl groups excluding tert-OH is 1. The van der Waals surface area contributed by atoms with Crippen LogP contribution in [0.3, 0.4) is 0 Å². The quantitative estimate of drug-likeness (QED) is 0.503. The summed E-state index contributed by atoms with van der Waals surface area (Å²) in [7, 11) is 0. The average Bonchev–Trinajstić information content (AvgIpc) is 2.96. The minimum Gasteiger partial charge on any atom is -0.465 e. The van der Waals surface area contributed by atoms with Crippen molar-refractivity contribution in [2.45, 2.75) is 39.0 Å². The van der Waals surface area contributed by atoms with Crippen LogP contribution in [-0.4, -0.2) is 24.3 Å². The number of unbranched alkanes of at least 4 members (excludes halogenated alkanes) is 3. The van der Waals surface area contributed by atoms with E-state index in [1.54, 1.807) is 0 Å². The molecule has 0 heterocycles. The summed E-state index contributed by atoms with van der Waals surface area (Å²) in [5.41, 5.74) is 0. The third-order valence-electron chi connectivity index (χ3n) is 2.70. The highest BCUT2D eigenvalue weighted by atomic mass is 16.5. The van der Waals surface area contributed by atoms with Gasteiger partial charge in [0.05, 0.1) is 12.5 Å². The second-order valence-electron chi connectivity index (χ2n) is 4.01. The summed E-state index contributed by atoms with van der Waals surface area (Å²) in [6.45, 7) is 2.82. The SMILES string of the molecule is CCCCCCOC(=O)C1CC1CO. The first kappa shape index (κ1) is 11.5. The van der Waals surface area contributed by atoms with Gasteiger partial charge < -0.3 is 9.84 Å². The molecule has 0 radical (unpaired) electrons. The van der Waals surface area contributed by atoms with E-state index in [1.807, 2.05) is 0 Å². The Hall–Kier alpha value is -0.570. The highest BCUT2D eigenvalue weighted by Crippen LogP contribution is 2.38. The van der Waals surface area contributed by atoms with Gasteiger partial charge in [0.15, 0.2) is 0 Å². The van der Waals surface area contributed by atoms with Gasteiger partial charge in [-0.15, -0.1) is 0 Å². The van der Waals surface area contributed by atoms with Crippen LogP contribution in [0.2, 0.25) is 0 Å². The van der Waals surface area contributed by atoms with E-state index in [1.165, 1.54) is 12.8 Å². The minimum atomic E-state index is -0.111. The molecule has 1 rings (SSSR count). The van der Waals surface area contributed by atoms with Gasteiger partial charge in [0.25, 0.3) is 0 Å². The molecule has 0 aromatic rings. The molecule has 2 atom stereocenters. The molecule has 0 bridgehead atoms. The van der Waals surface area contributed by atoms with E-state index in [0.29, 0.717) is 6.61 Å². The second kappa shape index (κ2) is 6.02. The lowest BCUT2D eigenvalue weighted by Crippen LogP contribution is -2.10. The van der Waals surface area contributed by atoms with E-state index < -0.39 is 0 Å². The Morgan fingerprint density at radius 3 is 2.79 bits per heavy atom. The highest BCUT2D eigenvalue weighted by molar-refractivity contribution is 5.75. The Kier molecular flexibility index (Phi) is 4.94. The summed E-state index contributed by atoms with van der Waals surface area (Å²) < 4.78 is 5.09. The van der Waals surface area contributed by atoms with E-state index >= 15 is 0 Å². The van der Waals surface area contributed by atoms with Crippen LogP contribution in [0.1, 0.15) is 39.0 Å². The molecule has 1 saturated carbocycles. The first-order valence-electron chi connectivity index (χ1n) is 5.57. The molecular weight excluding hydrogens is 180 g/mol. The lowest BCUT2D eigenvalue weighted by Gasteiger charge is -2.03. The molecule has 0 spiro atoms. The van der Waals surface area contributed by atoms with Crippen molar-refractivity contribution in [2.75, 3.05) is 13.2 Å². The number of carbonyl (C=O) groups excluding carboxylic acids is 1. The Balaban J connectivity index is 1.94. The highest BCUT2D eigenvalue weighted by Gasteiger charge is 2.43. The third-order valence-corrected chi connectivity index (χ3v) is 2.70. The van der Waals surface area contributed by atoms with Crippen molar-refractivity contribution in [1.82, 2.24) is 0 Å². The summed E-state index contributed by atoms with van der Waals surface area (Å²) in [5, 5.41) is 8.76. The molecule has 1 N–H and O–H groups in total. The zero-order chi connectivity index (χ0) is 10.4. The Bertz CT molecular complexity index is 179. The van der Waals surface area contributed by atoms with Crippen molar-refractivity contribution in [2.24, 2.45) is 11.8 Å². The molecule has 82 valence electrons. The largest absolute Gasteiger partial charge is 0.465 e. The van der Waals surface area contributed by atoms with Gasteiger partial charge in [0, 0.05) is 6.61 Å². The molecule has 0 amide bonds. The molecule has 0 aromatic carbocycles. The molecule has 1 aliphatic carbocycles. The molecular formula is C11H20O3. The normalized spacial score (nSPS) is 24.7. The maximum atomic E-state index is 11.3. The van der Waals surface area contributed by atoms with Gasteiger partial charge >= 0.3 is 5.97 Å². The number of aliphatic hydroxyl groups is 1. The molecule has 14 heavy (non-hydrogen) atoms. The van der Waals surface area contributed by atoms with Crippen LogP contribution in [0, 0.1) is 11.8 Å². The van der Waals surface area contributed by atoms with Crippen molar-refractivity contribution in [3.05, 3.63) is 0 Å². The molecule has 3 nitrogen and oxygen atoms in total. The van der Waals surface area contributed by atoms with E-state index in [0.717, 1.165) is 19.3 Å². The van der Waals surface area contributed by atoms with E-state index in [-0.39, 0.29) is 24.4 Å². The van der Waals surface area contributed by atoms with Gasteiger partial charge in [-0.05, 0) is 18.8 Å². The van der Waals surface area contributed by atoms with Gasteiger partial charge in [-0.3, -0.25) is 4.79 Å². The standard InChI is InChI=1S/C11H20O3/c1-2-3-4-5-6-14-11(13)10-7-9(10)8-12/h9-10,12H,2-8H2,1H3. The fourth-order valence-electron chi connectivity index (χ4n) is 1.55. The van der Waals surface area contributed by atoms with Crippen molar-refractivity contribution in [3.63, 3.8) is 0 Å². The first-order valence-corrected chi connectivity index (χ1v) is 5.57. The smallest absolute Gasteiger partial charge is 0.309 e. The first-order chi connectivity index (χ1) is 6.79. The van der Waals surface area contributed by atoms with Gasteiger partial charge in [0.1, 0.15) is 0 Å². The van der Waals surface area contributed by atoms with Gasteiger partial charge in [0.2, 0.25) is 0 Å². The van der Waals surface area contributed by atoms with Gasteiger partial charge in [-0.2, -0.15) is 0 Å². The molecule has 3 heteroatoms. The summed E-state index contributed by atoms with van der Waals surface area (Å²) in [5.74, 6) is 0.0601. The van der Waals surface area contributed by atoms with Crippen LogP contribution in [0.25, 0.3) is 0 Å². The topological polar surface area (TPSA) is 46.5 Å². The number of ether oxygens (including phenoxy) is 1. The summed E-state index contributed by atoms with van der Waals surface area (Å²) in [6, 6.07) is 0. The summed E-state index contributed by atoms with van der Waals surface area (Å²) in [6.07, 6.45) is 5.32. The maximum absolute atomic E-state index is 11.3. The summed E-state index contributed by atoms with van der Waals surface area (Å²) >= 11 is 0. The number of hydrogen-bond donors (Lipinski definition) is 1.